The molecule has 0 atom stereocenters. The lowest BCUT2D eigenvalue weighted by Crippen LogP contribution is -1.99. The molecular weight excluding hydrogens is 242 g/mol. The number of rotatable bonds is 3. The highest BCUT2D eigenvalue weighted by Crippen LogP contribution is 2.30. The summed E-state index contributed by atoms with van der Waals surface area (Å²) in [4.78, 5) is 5.24. The van der Waals surface area contributed by atoms with Gasteiger partial charge in [-0.15, -0.1) is 0 Å². The van der Waals surface area contributed by atoms with Crippen molar-refractivity contribution in [3.63, 3.8) is 0 Å². The van der Waals surface area contributed by atoms with Crippen molar-refractivity contribution in [2.45, 2.75) is 25.7 Å². The highest BCUT2D eigenvalue weighted by molar-refractivity contribution is 8.22. The summed E-state index contributed by atoms with van der Waals surface area (Å²) in [5.41, 5.74) is 2.08. The van der Waals surface area contributed by atoms with E-state index in [-0.39, 0.29) is 0 Å². The van der Waals surface area contributed by atoms with Gasteiger partial charge < -0.3 is 9.47 Å². The van der Waals surface area contributed by atoms with Crippen molar-refractivity contribution in [3.05, 3.63) is 17.3 Å². The van der Waals surface area contributed by atoms with Gasteiger partial charge in [0.15, 0.2) is 0 Å². The first-order chi connectivity index (χ1) is 7.58. The molecule has 0 spiro atoms. The van der Waals surface area contributed by atoms with Crippen LogP contribution in [-0.2, 0) is 4.74 Å². The fourth-order valence-electron chi connectivity index (χ4n) is 1.11. The molecule has 1 aromatic heterocycles. The van der Waals surface area contributed by atoms with Crippen molar-refractivity contribution in [3.8, 4) is 5.88 Å². The lowest BCUT2D eigenvalue weighted by atomic mass is 10.2. The zero-order valence-electron chi connectivity index (χ0n) is 9.86. The summed E-state index contributed by atoms with van der Waals surface area (Å²) in [6, 6.07) is 2.01. The van der Waals surface area contributed by atoms with Crippen molar-refractivity contribution in [1.82, 2.24) is 4.98 Å². The quantitative estimate of drug-likeness (QED) is 0.613. The van der Waals surface area contributed by atoms with E-state index in [1.54, 1.807) is 7.11 Å². The molecule has 0 saturated heterocycles. The zero-order chi connectivity index (χ0) is 12.1. The normalized spacial score (nSPS) is 10.0. The van der Waals surface area contributed by atoms with Crippen molar-refractivity contribution in [1.29, 1.82) is 0 Å². The molecule has 0 bridgehead atoms. The number of hydrogen-bond acceptors (Lipinski definition) is 5. The largest absolute Gasteiger partial charge is 0.480 e. The van der Waals surface area contributed by atoms with Crippen LogP contribution in [0, 0.1) is 13.8 Å². The Kier molecular flexibility index (Phi) is 5.02. The molecule has 0 unspecified atom stereocenters. The molecule has 1 aromatic rings. The fraction of sp³-hybridized carbons (Fsp3) is 0.455. The summed E-state index contributed by atoms with van der Waals surface area (Å²) in [5, 5.41) is 0. The van der Waals surface area contributed by atoms with Gasteiger partial charge in [0.25, 0.3) is 0 Å². The van der Waals surface area contributed by atoms with Gasteiger partial charge in [-0.1, -0.05) is 0 Å². The van der Waals surface area contributed by atoms with Crippen LogP contribution in [0.25, 0.3) is 0 Å². The maximum atomic E-state index is 5.23. The Morgan fingerprint density at radius 2 is 2.19 bits per heavy atom. The van der Waals surface area contributed by atoms with Crippen LogP contribution in [0.4, 0.5) is 0 Å². The van der Waals surface area contributed by atoms with Gasteiger partial charge in [-0.25, -0.2) is 4.98 Å². The van der Waals surface area contributed by atoms with Gasteiger partial charge in [0.1, 0.15) is 0 Å². The Balaban J connectivity index is 2.94. The van der Waals surface area contributed by atoms with Crippen LogP contribution in [-0.4, -0.2) is 23.1 Å². The average Bonchev–Trinajstić information content (AvgIpc) is 2.23. The second kappa shape index (κ2) is 6.06. The predicted molar refractivity (Wildman–Crippen MR) is 70.3 cm³/mol. The number of ether oxygens (including phenoxy) is 2. The van der Waals surface area contributed by atoms with E-state index in [2.05, 4.69) is 4.98 Å². The molecule has 0 saturated carbocycles. The molecule has 0 N–H and O–H groups in total. The van der Waals surface area contributed by atoms with Crippen LogP contribution in [0.5, 0.6) is 5.88 Å². The van der Waals surface area contributed by atoms with E-state index in [0.29, 0.717) is 16.9 Å². The van der Waals surface area contributed by atoms with E-state index < -0.39 is 0 Å². The average molecular weight is 257 g/mol. The number of aryl methyl sites for hydroxylation is 2. The van der Waals surface area contributed by atoms with Crippen molar-refractivity contribution in [2.24, 2.45) is 0 Å². The maximum absolute atomic E-state index is 5.23. The van der Waals surface area contributed by atoms with Gasteiger partial charge in [0, 0.05) is 5.69 Å². The number of thioether (sulfide) groups is 1. The van der Waals surface area contributed by atoms with Crippen LogP contribution in [0.2, 0.25) is 0 Å². The van der Waals surface area contributed by atoms with Gasteiger partial charge >= 0.3 is 0 Å². The summed E-state index contributed by atoms with van der Waals surface area (Å²) >= 11 is 6.44. The first kappa shape index (κ1) is 13.3. The zero-order valence-corrected chi connectivity index (χ0v) is 11.5. The number of nitrogens with zero attached hydrogens (tertiary/aromatic N) is 1. The molecule has 1 heterocycles. The lowest BCUT2D eigenvalue weighted by molar-refractivity contribution is 0.346. The van der Waals surface area contributed by atoms with E-state index in [1.165, 1.54) is 11.8 Å². The molecule has 0 aliphatic heterocycles. The second-order valence-corrected chi connectivity index (χ2v) is 4.83. The third kappa shape index (κ3) is 3.35. The van der Waals surface area contributed by atoms with Crippen molar-refractivity contribution in [2.75, 3.05) is 13.7 Å². The topological polar surface area (TPSA) is 31.4 Å². The Bertz CT molecular complexity index is 394. The van der Waals surface area contributed by atoms with E-state index >= 15 is 0 Å². The molecule has 0 aliphatic rings. The maximum Gasteiger partial charge on any atom is 0.227 e. The minimum absolute atomic E-state index is 0.492. The van der Waals surface area contributed by atoms with Gasteiger partial charge in [-0.3, -0.25) is 0 Å². The highest BCUT2D eigenvalue weighted by Gasteiger charge is 2.11. The number of hydrogen-bond donors (Lipinski definition) is 0. The van der Waals surface area contributed by atoms with Crippen LogP contribution >= 0.6 is 24.0 Å². The van der Waals surface area contributed by atoms with Crippen LogP contribution in [0.15, 0.2) is 11.0 Å². The van der Waals surface area contributed by atoms with Gasteiger partial charge in [0.2, 0.25) is 10.3 Å². The molecule has 0 fully saturated rings. The SMILES string of the molecule is CCOC(=S)Sc1cc(C)c(C)nc1OC. The van der Waals surface area contributed by atoms with Crippen molar-refractivity contribution < 1.29 is 9.47 Å². The summed E-state index contributed by atoms with van der Waals surface area (Å²) in [6.07, 6.45) is 0. The third-order valence-electron chi connectivity index (χ3n) is 2.05. The molecule has 5 heteroatoms. The molecule has 0 aromatic carbocycles. The molecule has 0 radical (unpaired) electrons. The third-order valence-corrected chi connectivity index (χ3v) is 3.21. The van der Waals surface area contributed by atoms with E-state index in [4.69, 9.17) is 21.7 Å². The highest BCUT2D eigenvalue weighted by atomic mass is 32.2. The number of aromatic nitrogens is 1. The molecule has 0 amide bonds. The summed E-state index contributed by atoms with van der Waals surface area (Å²) in [5.74, 6) is 0.593. The molecular formula is C11H15NO2S2. The predicted octanol–water partition coefficient (Wildman–Crippen LogP) is 3.12. The van der Waals surface area contributed by atoms with Gasteiger partial charge in [-0.2, -0.15) is 0 Å². The minimum atomic E-state index is 0.492. The first-order valence-corrected chi connectivity index (χ1v) is 6.17. The first-order valence-electron chi connectivity index (χ1n) is 4.95. The lowest BCUT2D eigenvalue weighted by Gasteiger charge is -2.10. The second-order valence-electron chi connectivity index (χ2n) is 3.18. The Morgan fingerprint density at radius 1 is 1.50 bits per heavy atom. The van der Waals surface area contributed by atoms with Crippen LogP contribution < -0.4 is 4.74 Å². The number of methoxy groups -OCH3 is 1. The Labute approximate surface area is 106 Å². The molecule has 1 rings (SSSR count). The minimum Gasteiger partial charge on any atom is -0.480 e. The van der Waals surface area contributed by atoms with Gasteiger partial charge in [-0.05, 0) is 56.4 Å². The molecule has 16 heavy (non-hydrogen) atoms. The molecule has 0 aliphatic carbocycles. The Morgan fingerprint density at radius 3 is 2.75 bits per heavy atom. The number of pyridine rings is 1. The van der Waals surface area contributed by atoms with E-state index in [0.717, 1.165) is 16.2 Å². The molecule has 3 nitrogen and oxygen atoms in total. The van der Waals surface area contributed by atoms with E-state index in [1.807, 2.05) is 26.8 Å². The Hall–Kier alpha value is -0.810. The van der Waals surface area contributed by atoms with Crippen LogP contribution in [0.1, 0.15) is 18.2 Å². The number of thiocarbonyl (C=S) groups is 1. The van der Waals surface area contributed by atoms with Crippen LogP contribution in [0.3, 0.4) is 0 Å². The molecule has 88 valence electrons. The smallest absolute Gasteiger partial charge is 0.227 e. The van der Waals surface area contributed by atoms with Crippen molar-refractivity contribution >= 4 is 28.4 Å². The summed E-state index contributed by atoms with van der Waals surface area (Å²) < 4.78 is 10.9. The van der Waals surface area contributed by atoms with Gasteiger partial charge in [0.05, 0.1) is 18.6 Å². The van der Waals surface area contributed by atoms with E-state index in [9.17, 15) is 0 Å². The fourth-order valence-corrected chi connectivity index (χ4v) is 2.31. The standard InChI is InChI=1S/C11H15NO2S2/c1-5-14-11(15)16-9-6-7(2)8(3)12-10(9)13-4/h6H,5H2,1-4H3. The summed E-state index contributed by atoms with van der Waals surface area (Å²) in [6.45, 7) is 6.44. The monoisotopic (exact) mass is 257 g/mol. The summed E-state index contributed by atoms with van der Waals surface area (Å²) in [7, 11) is 1.60.